The highest BCUT2D eigenvalue weighted by Gasteiger charge is 2.26. The molecule has 0 nitrogen and oxygen atoms in total. The summed E-state index contributed by atoms with van der Waals surface area (Å²) in [5.41, 5.74) is 10.4. The molecule has 0 fully saturated rings. The lowest BCUT2D eigenvalue weighted by molar-refractivity contribution is 1.39. The molecule has 0 aliphatic rings. The van der Waals surface area contributed by atoms with Crippen LogP contribution in [0.5, 0.6) is 0 Å². The molecule has 0 atom stereocenters. The van der Waals surface area contributed by atoms with Crippen LogP contribution >= 0.6 is 0 Å². The summed E-state index contributed by atoms with van der Waals surface area (Å²) in [6, 6.07) is 51.7. The average Bonchev–Trinajstić information content (AvgIpc) is 3.62. The van der Waals surface area contributed by atoms with E-state index in [1.807, 2.05) is 0 Å². The van der Waals surface area contributed by atoms with Gasteiger partial charge in [0.2, 0.25) is 0 Å². The van der Waals surface area contributed by atoms with Gasteiger partial charge in [0.25, 0.3) is 0 Å². The van der Waals surface area contributed by atoms with Gasteiger partial charge in [-0.1, -0.05) is 138 Å². The first kappa shape index (κ1) is 28.5. The molecule has 0 heteroatoms. The molecule has 0 N–H and O–H groups in total. The molecule has 0 heterocycles. The standard InChI is InChI=1S/C52H34/c1-27-18-28(2)21-35(20-27)47-43-25-40-37-17-16-33-15-14-32-8-5-11-34-24-42(50(37)49(33)45(32)34)41(40)26-44(43)48(36-22-29(3)19-30(4)23-36)52-39-13-7-10-31-9-6-12-38(46(31)39)51(47)52/h5-26H,1-4H3. The number of hydrogen-bond donors (Lipinski definition) is 0. The fourth-order valence-corrected chi connectivity index (χ4v) is 10.4. The third-order valence-corrected chi connectivity index (χ3v) is 12.1. The van der Waals surface area contributed by atoms with Crippen molar-refractivity contribution in [3.63, 3.8) is 0 Å². The SMILES string of the molecule is Cc1cc(C)cc(-c2c3cc4c(cc3c(-c3cc(C)cc(C)c3)c3c5cccc6cccc(c23)c65)c2cc3cccc5ccc6ccc4c2c6c53)c1. The van der Waals surface area contributed by atoms with Crippen molar-refractivity contribution >= 4 is 97.0 Å². The smallest absolute Gasteiger partial charge is 0.000741 e. The largest absolute Gasteiger partial charge is 0.0610 e. The van der Waals surface area contributed by atoms with Gasteiger partial charge >= 0.3 is 0 Å². The van der Waals surface area contributed by atoms with Gasteiger partial charge in [0.05, 0.1) is 0 Å². The lowest BCUT2D eigenvalue weighted by Crippen LogP contribution is -1.92. The topological polar surface area (TPSA) is 0 Å². The minimum absolute atomic E-state index is 1.29. The summed E-state index contributed by atoms with van der Waals surface area (Å²) in [7, 11) is 0. The van der Waals surface area contributed by atoms with Crippen LogP contribution in [0.2, 0.25) is 0 Å². The second kappa shape index (κ2) is 9.75. The Hall–Kier alpha value is -6.24. The molecule has 0 amide bonds. The molecule has 0 aliphatic carbocycles. The van der Waals surface area contributed by atoms with Crippen molar-refractivity contribution in [1.29, 1.82) is 0 Å². The molecule has 0 radical (unpaired) electrons. The van der Waals surface area contributed by atoms with Crippen molar-refractivity contribution in [2.24, 2.45) is 0 Å². The molecule has 12 aromatic carbocycles. The van der Waals surface area contributed by atoms with Crippen LogP contribution in [0.3, 0.4) is 0 Å². The number of hydrogen-bond acceptors (Lipinski definition) is 0. The third-order valence-electron chi connectivity index (χ3n) is 12.1. The highest BCUT2D eigenvalue weighted by Crippen LogP contribution is 2.54. The summed E-state index contributed by atoms with van der Waals surface area (Å²) >= 11 is 0. The molecule has 242 valence electrons. The van der Waals surface area contributed by atoms with Crippen LogP contribution in [-0.2, 0) is 0 Å². The zero-order valence-corrected chi connectivity index (χ0v) is 29.7. The van der Waals surface area contributed by atoms with Gasteiger partial charge in [0.15, 0.2) is 0 Å². The van der Waals surface area contributed by atoms with Crippen LogP contribution in [-0.4, -0.2) is 0 Å². The maximum Gasteiger partial charge on any atom is -0.000741 e. The molecule has 0 spiro atoms. The third kappa shape index (κ3) is 3.57. The second-order valence-electron chi connectivity index (χ2n) is 15.6. The van der Waals surface area contributed by atoms with Gasteiger partial charge < -0.3 is 0 Å². The molecule has 0 bridgehead atoms. The maximum atomic E-state index is 2.57. The van der Waals surface area contributed by atoms with Crippen molar-refractivity contribution in [3.8, 4) is 22.3 Å². The number of fused-ring (bicyclic) bond motifs is 7. The van der Waals surface area contributed by atoms with Crippen molar-refractivity contribution in [1.82, 2.24) is 0 Å². The van der Waals surface area contributed by atoms with Crippen LogP contribution < -0.4 is 0 Å². The van der Waals surface area contributed by atoms with Crippen LogP contribution in [0.1, 0.15) is 22.3 Å². The monoisotopic (exact) mass is 658 g/mol. The van der Waals surface area contributed by atoms with Crippen LogP contribution in [0.4, 0.5) is 0 Å². The van der Waals surface area contributed by atoms with E-state index in [2.05, 4.69) is 161 Å². The molecular formula is C52H34. The number of aryl methyl sites for hydroxylation is 4. The first-order chi connectivity index (χ1) is 25.4. The van der Waals surface area contributed by atoms with E-state index < -0.39 is 0 Å². The van der Waals surface area contributed by atoms with Gasteiger partial charge in [-0.2, -0.15) is 0 Å². The quantitative estimate of drug-likeness (QED) is 0.162. The van der Waals surface area contributed by atoms with Gasteiger partial charge in [0, 0.05) is 0 Å². The van der Waals surface area contributed by atoms with E-state index in [1.54, 1.807) is 0 Å². The van der Waals surface area contributed by atoms with E-state index in [-0.39, 0.29) is 0 Å². The van der Waals surface area contributed by atoms with Crippen molar-refractivity contribution in [2.75, 3.05) is 0 Å². The Bertz CT molecular complexity index is 3440. The summed E-state index contributed by atoms with van der Waals surface area (Å²) in [5, 5.41) is 24.2. The molecule has 0 saturated heterocycles. The first-order valence-corrected chi connectivity index (χ1v) is 18.5. The summed E-state index contributed by atoms with van der Waals surface area (Å²) in [5.74, 6) is 0. The number of rotatable bonds is 2. The lowest BCUT2D eigenvalue weighted by atomic mass is 9.84. The van der Waals surface area contributed by atoms with E-state index in [4.69, 9.17) is 0 Å². The van der Waals surface area contributed by atoms with Crippen LogP contribution in [0.15, 0.2) is 133 Å². The normalized spacial score (nSPS) is 12.6. The Balaban J connectivity index is 1.41. The van der Waals surface area contributed by atoms with E-state index in [0.29, 0.717) is 0 Å². The van der Waals surface area contributed by atoms with Gasteiger partial charge in [-0.3, -0.25) is 0 Å². The first-order valence-electron chi connectivity index (χ1n) is 18.5. The molecule has 0 aromatic heterocycles. The van der Waals surface area contributed by atoms with Crippen molar-refractivity contribution in [2.45, 2.75) is 27.7 Å². The highest BCUT2D eigenvalue weighted by molar-refractivity contribution is 6.44. The van der Waals surface area contributed by atoms with Gasteiger partial charge in [-0.05, 0) is 165 Å². The zero-order valence-electron chi connectivity index (χ0n) is 29.7. The Kier molecular flexibility index (Phi) is 5.34. The van der Waals surface area contributed by atoms with E-state index in [1.165, 1.54) is 141 Å². The average molecular weight is 659 g/mol. The van der Waals surface area contributed by atoms with E-state index in [0.717, 1.165) is 0 Å². The second-order valence-corrected chi connectivity index (χ2v) is 15.6. The molecule has 12 rings (SSSR count). The Morgan fingerprint density at radius 1 is 0.250 bits per heavy atom. The van der Waals surface area contributed by atoms with Gasteiger partial charge in [-0.25, -0.2) is 0 Å². The molecule has 12 aromatic rings. The minimum Gasteiger partial charge on any atom is -0.0610 e. The Morgan fingerprint density at radius 2 is 0.712 bits per heavy atom. The minimum atomic E-state index is 1.29. The molecule has 0 saturated carbocycles. The zero-order chi connectivity index (χ0) is 34.6. The van der Waals surface area contributed by atoms with Crippen LogP contribution in [0.25, 0.3) is 119 Å². The molecule has 52 heavy (non-hydrogen) atoms. The predicted molar refractivity (Wildman–Crippen MR) is 227 cm³/mol. The summed E-state index contributed by atoms with van der Waals surface area (Å²) in [6.45, 7) is 8.95. The summed E-state index contributed by atoms with van der Waals surface area (Å²) in [6.07, 6.45) is 0. The van der Waals surface area contributed by atoms with E-state index in [9.17, 15) is 0 Å². The number of benzene rings is 10. The van der Waals surface area contributed by atoms with Crippen molar-refractivity contribution < 1.29 is 0 Å². The highest BCUT2D eigenvalue weighted by atomic mass is 14.3. The maximum absolute atomic E-state index is 2.57. The van der Waals surface area contributed by atoms with Crippen molar-refractivity contribution in [3.05, 3.63) is 156 Å². The van der Waals surface area contributed by atoms with Gasteiger partial charge in [0.1, 0.15) is 0 Å². The molecule has 0 unspecified atom stereocenters. The fourth-order valence-electron chi connectivity index (χ4n) is 10.4. The Morgan fingerprint density at radius 3 is 1.29 bits per heavy atom. The Labute approximate surface area is 301 Å². The fraction of sp³-hybridized carbons (Fsp3) is 0.0769. The molecule has 0 aliphatic heterocycles. The predicted octanol–water partition coefficient (Wildman–Crippen LogP) is 14.9. The lowest BCUT2D eigenvalue weighted by Gasteiger charge is -2.18. The summed E-state index contributed by atoms with van der Waals surface area (Å²) < 4.78 is 0. The summed E-state index contributed by atoms with van der Waals surface area (Å²) in [4.78, 5) is 0. The van der Waals surface area contributed by atoms with E-state index >= 15 is 0 Å². The molecular weight excluding hydrogens is 625 g/mol. The van der Waals surface area contributed by atoms with Crippen LogP contribution in [0, 0.1) is 27.7 Å². The van der Waals surface area contributed by atoms with Gasteiger partial charge in [-0.15, -0.1) is 0 Å².